The number of carboxylic acids is 1. The lowest BCUT2D eigenvalue weighted by Crippen LogP contribution is -2.14. The van der Waals surface area contributed by atoms with Crippen LogP contribution in [-0.4, -0.2) is 57.3 Å². The van der Waals surface area contributed by atoms with E-state index in [1.54, 1.807) is 0 Å². The number of aliphatic carboxylic acids is 1. The largest absolute Gasteiger partial charge is 0.481 e. The Morgan fingerprint density at radius 3 is 1.81 bits per heavy atom. The van der Waals surface area contributed by atoms with Crippen LogP contribution in [0.2, 0.25) is 0 Å². The van der Waals surface area contributed by atoms with E-state index in [-0.39, 0.29) is 20.5 Å². The molecule has 0 aromatic heterocycles. The van der Waals surface area contributed by atoms with Crippen molar-refractivity contribution in [3.05, 3.63) is 0 Å². The second-order valence-electron chi connectivity index (χ2n) is 2.77. The van der Waals surface area contributed by atoms with Crippen LogP contribution in [0.4, 0.5) is 0 Å². The highest BCUT2D eigenvalue weighted by molar-refractivity contribution is 5.66. The summed E-state index contributed by atoms with van der Waals surface area (Å²) < 4.78 is 15.2. The molecular formula is C10H23NO5. The zero-order valence-corrected chi connectivity index (χ0v) is 8.81. The Labute approximate surface area is 96.7 Å². The van der Waals surface area contributed by atoms with Gasteiger partial charge in [-0.05, 0) is 0 Å². The van der Waals surface area contributed by atoms with E-state index in [9.17, 15) is 4.79 Å². The average molecular weight is 237 g/mol. The van der Waals surface area contributed by atoms with Gasteiger partial charge in [0.25, 0.3) is 0 Å². The van der Waals surface area contributed by atoms with Crippen molar-refractivity contribution in [2.75, 3.05) is 46.2 Å². The van der Waals surface area contributed by atoms with Gasteiger partial charge in [-0.15, -0.1) is 0 Å². The Morgan fingerprint density at radius 1 is 0.938 bits per heavy atom. The normalized spacial score (nSPS) is 9.81. The van der Waals surface area contributed by atoms with Gasteiger partial charge in [0, 0.05) is 6.54 Å². The van der Waals surface area contributed by atoms with Gasteiger partial charge in [0.15, 0.2) is 0 Å². The number of rotatable bonds is 11. The van der Waals surface area contributed by atoms with Gasteiger partial charge in [-0.2, -0.15) is 0 Å². The lowest BCUT2D eigenvalue weighted by atomic mass is 10.5. The molecule has 0 aliphatic rings. The van der Waals surface area contributed by atoms with E-state index >= 15 is 0 Å². The lowest BCUT2D eigenvalue weighted by Gasteiger charge is -2.05. The summed E-state index contributed by atoms with van der Waals surface area (Å²) in [5.74, 6) is -0.855. The van der Waals surface area contributed by atoms with Crippen LogP contribution in [0.1, 0.15) is 13.8 Å². The van der Waals surface area contributed by atoms with E-state index in [0.29, 0.717) is 39.6 Å². The van der Waals surface area contributed by atoms with E-state index in [1.807, 2.05) is 0 Å². The molecule has 0 unspecified atom stereocenters. The first-order valence-corrected chi connectivity index (χ1v) is 4.92. The predicted octanol–water partition coefficient (Wildman–Crippen LogP) is 0.106. The summed E-state index contributed by atoms with van der Waals surface area (Å²) in [6.07, 6.45) is 0.0274. The van der Waals surface area contributed by atoms with Gasteiger partial charge in [-0.25, -0.2) is 0 Å². The van der Waals surface area contributed by atoms with Crippen LogP contribution in [-0.2, 0) is 19.0 Å². The summed E-state index contributed by atoms with van der Waals surface area (Å²) in [6, 6.07) is 0. The number of nitrogens with two attached hydrogens (primary N) is 1. The fourth-order valence-corrected chi connectivity index (χ4v) is 0.785. The van der Waals surface area contributed by atoms with Crippen molar-refractivity contribution < 1.29 is 24.1 Å². The van der Waals surface area contributed by atoms with E-state index < -0.39 is 5.97 Å². The predicted molar refractivity (Wildman–Crippen MR) is 60.5 cm³/mol. The van der Waals surface area contributed by atoms with E-state index in [4.69, 9.17) is 25.1 Å². The van der Waals surface area contributed by atoms with Crippen LogP contribution in [0.15, 0.2) is 0 Å². The van der Waals surface area contributed by atoms with Crippen molar-refractivity contribution in [1.82, 2.24) is 0 Å². The highest BCUT2D eigenvalue weighted by Gasteiger charge is 1.95. The maximum absolute atomic E-state index is 10.1. The number of carboxylic acid groups (broad SMARTS) is 1. The van der Waals surface area contributed by atoms with Crippen molar-refractivity contribution in [2.45, 2.75) is 13.8 Å². The van der Waals surface area contributed by atoms with Crippen LogP contribution in [0, 0.1) is 0 Å². The third-order valence-corrected chi connectivity index (χ3v) is 1.47. The van der Waals surface area contributed by atoms with Crippen molar-refractivity contribution in [3.63, 3.8) is 0 Å². The van der Waals surface area contributed by atoms with Gasteiger partial charge >= 0.3 is 5.97 Å². The molecule has 0 aromatic carbocycles. The van der Waals surface area contributed by atoms with Gasteiger partial charge in [0.05, 0.1) is 46.1 Å². The smallest absolute Gasteiger partial charge is 0.305 e. The molecule has 0 rings (SSSR count). The average Bonchev–Trinajstić information content (AvgIpc) is 2.20. The van der Waals surface area contributed by atoms with E-state index in [0.717, 1.165) is 0 Å². The molecule has 0 radical (unpaired) electrons. The molecule has 0 spiro atoms. The topological polar surface area (TPSA) is 91.0 Å². The Kier molecular flexibility index (Phi) is 15.8. The minimum atomic E-state index is -0.855. The number of carbonyl (C=O) groups is 1. The molecule has 0 bridgehead atoms. The Morgan fingerprint density at radius 2 is 1.38 bits per heavy atom. The van der Waals surface area contributed by atoms with Gasteiger partial charge in [0.1, 0.15) is 0 Å². The Hall–Kier alpha value is -0.690. The molecule has 0 saturated carbocycles. The lowest BCUT2D eigenvalue weighted by molar-refractivity contribution is -0.138. The van der Waals surface area contributed by atoms with Gasteiger partial charge in [-0.1, -0.05) is 7.43 Å². The zero-order chi connectivity index (χ0) is 11.4. The van der Waals surface area contributed by atoms with Crippen LogP contribution in [0.25, 0.3) is 0 Å². The molecule has 98 valence electrons. The van der Waals surface area contributed by atoms with Crippen molar-refractivity contribution >= 4 is 5.97 Å². The zero-order valence-electron chi connectivity index (χ0n) is 8.81. The van der Waals surface area contributed by atoms with E-state index in [2.05, 4.69) is 0 Å². The molecule has 0 fully saturated rings. The standard InChI is InChI=1S/C9H19NO5.CH4/c10-2-4-14-6-8-15-7-5-13-3-1-9(11)12;/h1-8,10H2,(H,11,12);1H4. The minimum Gasteiger partial charge on any atom is -0.481 e. The maximum Gasteiger partial charge on any atom is 0.305 e. The Bertz CT molecular complexity index is 154. The molecule has 0 aliphatic carbocycles. The van der Waals surface area contributed by atoms with Crippen LogP contribution in [0.3, 0.4) is 0 Å². The third-order valence-electron chi connectivity index (χ3n) is 1.47. The maximum atomic E-state index is 10.1. The highest BCUT2D eigenvalue weighted by atomic mass is 16.5. The first kappa shape index (κ1) is 17.7. The molecule has 0 atom stereocenters. The number of ether oxygens (including phenoxy) is 3. The van der Waals surface area contributed by atoms with Gasteiger partial charge < -0.3 is 25.1 Å². The molecular weight excluding hydrogens is 214 g/mol. The number of hydrogen-bond acceptors (Lipinski definition) is 5. The van der Waals surface area contributed by atoms with Crippen molar-refractivity contribution in [3.8, 4) is 0 Å². The summed E-state index contributed by atoms with van der Waals surface area (Å²) in [7, 11) is 0. The summed E-state index contributed by atoms with van der Waals surface area (Å²) >= 11 is 0. The SMILES string of the molecule is C.NCCOCCOCCOCCC(=O)O. The second-order valence-corrected chi connectivity index (χ2v) is 2.77. The molecule has 0 aliphatic heterocycles. The molecule has 3 N–H and O–H groups in total. The van der Waals surface area contributed by atoms with Crippen LogP contribution < -0.4 is 5.73 Å². The summed E-state index contributed by atoms with van der Waals surface area (Å²) in [4.78, 5) is 10.1. The fraction of sp³-hybridized carbons (Fsp3) is 0.900. The van der Waals surface area contributed by atoms with Crippen LogP contribution >= 0.6 is 0 Å². The first-order valence-electron chi connectivity index (χ1n) is 4.92. The molecule has 6 heteroatoms. The second kappa shape index (κ2) is 14.3. The number of hydrogen-bond donors (Lipinski definition) is 2. The molecule has 0 aromatic rings. The summed E-state index contributed by atoms with van der Waals surface area (Å²) in [5, 5.41) is 8.30. The molecule has 0 saturated heterocycles. The van der Waals surface area contributed by atoms with Gasteiger partial charge in [-0.3, -0.25) is 4.79 Å². The van der Waals surface area contributed by atoms with Crippen LogP contribution in [0.5, 0.6) is 0 Å². The molecule has 0 heterocycles. The highest BCUT2D eigenvalue weighted by Crippen LogP contribution is 1.84. The van der Waals surface area contributed by atoms with E-state index in [1.165, 1.54) is 0 Å². The van der Waals surface area contributed by atoms with Gasteiger partial charge in [0.2, 0.25) is 0 Å². The quantitative estimate of drug-likeness (QED) is 0.495. The minimum absolute atomic E-state index is 0. The third kappa shape index (κ3) is 15.8. The molecule has 6 nitrogen and oxygen atoms in total. The van der Waals surface area contributed by atoms with Crippen molar-refractivity contribution in [1.29, 1.82) is 0 Å². The van der Waals surface area contributed by atoms with Crippen molar-refractivity contribution in [2.24, 2.45) is 5.73 Å². The summed E-state index contributed by atoms with van der Waals surface area (Å²) in [5.41, 5.74) is 5.21. The monoisotopic (exact) mass is 237 g/mol. The first-order chi connectivity index (χ1) is 7.27. The summed E-state index contributed by atoms with van der Waals surface area (Å²) in [6.45, 7) is 3.16. The molecule has 0 amide bonds. The fourth-order valence-electron chi connectivity index (χ4n) is 0.785. The Balaban J connectivity index is 0. The molecule has 16 heavy (non-hydrogen) atoms.